The Morgan fingerprint density at radius 1 is 1.16 bits per heavy atom. The highest BCUT2D eigenvalue weighted by molar-refractivity contribution is 6.07. The lowest BCUT2D eigenvalue weighted by Gasteiger charge is -2.20. The zero-order valence-electron chi connectivity index (χ0n) is 13.2. The van der Waals surface area contributed by atoms with Crippen molar-refractivity contribution in [3.05, 3.63) is 75.8 Å². The van der Waals surface area contributed by atoms with E-state index in [4.69, 9.17) is 0 Å². The number of hydrogen-bond acceptors (Lipinski definition) is 5. The normalized spacial score (nSPS) is 20.1. The number of nitrogens with zero attached hydrogens (tertiary/aromatic N) is 3. The van der Waals surface area contributed by atoms with Gasteiger partial charge in [-0.05, 0) is 12.5 Å². The second-order valence-electron chi connectivity index (χ2n) is 5.63. The van der Waals surface area contributed by atoms with E-state index in [0.717, 1.165) is 5.01 Å². The number of benzene rings is 2. The Kier molecular flexibility index (Phi) is 4.02. The van der Waals surface area contributed by atoms with Gasteiger partial charge in [0.25, 0.3) is 11.6 Å². The summed E-state index contributed by atoms with van der Waals surface area (Å²) in [6, 6.07) is 13.9. The van der Waals surface area contributed by atoms with Gasteiger partial charge in [0.1, 0.15) is 5.54 Å². The second-order valence-corrected chi connectivity index (χ2v) is 5.63. The molecule has 0 unspecified atom stereocenters. The number of amides is 3. The fraction of sp³-hybridized carbons (Fsp3) is 0.118. The van der Waals surface area contributed by atoms with E-state index in [-0.39, 0.29) is 5.69 Å². The third-order valence-corrected chi connectivity index (χ3v) is 3.92. The van der Waals surface area contributed by atoms with Crippen LogP contribution in [0.2, 0.25) is 0 Å². The quantitative estimate of drug-likeness (QED) is 0.400. The summed E-state index contributed by atoms with van der Waals surface area (Å²) in [6.45, 7) is 1.60. The van der Waals surface area contributed by atoms with Crippen LogP contribution in [0.3, 0.4) is 0 Å². The van der Waals surface area contributed by atoms with Gasteiger partial charge in [0.05, 0.1) is 11.1 Å². The van der Waals surface area contributed by atoms with Gasteiger partial charge in [-0.2, -0.15) is 5.10 Å². The summed E-state index contributed by atoms with van der Waals surface area (Å²) in [4.78, 5) is 35.1. The lowest BCUT2D eigenvalue weighted by atomic mass is 9.92. The number of imide groups is 1. The number of carbonyl (C=O) groups excluding carboxylic acids is 2. The largest absolute Gasteiger partial charge is 0.346 e. The Balaban J connectivity index is 1.86. The van der Waals surface area contributed by atoms with Crippen LogP contribution < -0.4 is 5.32 Å². The molecule has 3 rings (SSSR count). The fourth-order valence-electron chi connectivity index (χ4n) is 2.54. The number of nitro groups is 1. The molecule has 2 aromatic carbocycles. The summed E-state index contributed by atoms with van der Waals surface area (Å²) in [6.07, 6.45) is 1.24. The summed E-state index contributed by atoms with van der Waals surface area (Å²) in [7, 11) is 0. The molecule has 1 fully saturated rings. The van der Waals surface area contributed by atoms with Gasteiger partial charge < -0.3 is 5.32 Å². The second kappa shape index (κ2) is 6.16. The van der Waals surface area contributed by atoms with Gasteiger partial charge in [0.15, 0.2) is 0 Å². The standard InChI is InChI=1S/C17H14N4O4/c1-17(13-7-3-2-4-8-13)15(22)20(16(23)19-17)18-11-12-6-5-9-14(10-12)21(24)25/h2-11H,1H3,(H,19,23)/b18-11-/t17-/m1/s1. The minimum absolute atomic E-state index is 0.102. The van der Waals surface area contributed by atoms with Gasteiger partial charge >= 0.3 is 6.03 Å². The van der Waals surface area contributed by atoms with Crippen molar-refractivity contribution in [2.45, 2.75) is 12.5 Å². The number of nitrogens with one attached hydrogen (secondary N) is 1. The average molecular weight is 338 g/mol. The van der Waals surface area contributed by atoms with Gasteiger partial charge in [-0.3, -0.25) is 14.9 Å². The number of hydrazone groups is 1. The van der Waals surface area contributed by atoms with E-state index < -0.39 is 22.4 Å². The van der Waals surface area contributed by atoms with Crippen molar-refractivity contribution in [2.24, 2.45) is 5.10 Å². The zero-order valence-corrected chi connectivity index (χ0v) is 13.2. The van der Waals surface area contributed by atoms with Gasteiger partial charge in [-0.25, -0.2) is 4.79 Å². The van der Waals surface area contributed by atoms with Crippen LogP contribution in [0.25, 0.3) is 0 Å². The summed E-state index contributed by atoms with van der Waals surface area (Å²) in [5.41, 5.74) is -0.266. The first-order valence-electron chi connectivity index (χ1n) is 7.42. The van der Waals surface area contributed by atoms with Crippen LogP contribution >= 0.6 is 0 Å². The van der Waals surface area contributed by atoms with E-state index >= 15 is 0 Å². The molecule has 0 bridgehead atoms. The number of nitro benzene ring substituents is 1. The maximum atomic E-state index is 12.7. The molecule has 1 aliphatic rings. The van der Waals surface area contributed by atoms with E-state index in [0.29, 0.717) is 11.1 Å². The van der Waals surface area contributed by atoms with Crippen LogP contribution in [0.15, 0.2) is 59.7 Å². The molecule has 0 aromatic heterocycles. The lowest BCUT2D eigenvalue weighted by molar-refractivity contribution is -0.384. The smallest absolute Gasteiger partial charge is 0.318 e. The Morgan fingerprint density at radius 3 is 2.56 bits per heavy atom. The summed E-state index contributed by atoms with van der Waals surface area (Å²) < 4.78 is 0. The molecule has 1 N–H and O–H groups in total. The molecule has 8 nitrogen and oxygen atoms in total. The maximum Gasteiger partial charge on any atom is 0.346 e. The number of carbonyl (C=O) groups is 2. The van der Waals surface area contributed by atoms with Crippen molar-refractivity contribution in [1.29, 1.82) is 0 Å². The molecule has 25 heavy (non-hydrogen) atoms. The first-order chi connectivity index (χ1) is 11.9. The lowest BCUT2D eigenvalue weighted by Crippen LogP contribution is -2.40. The molecule has 3 amide bonds. The Labute approximate surface area is 142 Å². The van der Waals surface area contributed by atoms with E-state index in [2.05, 4.69) is 10.4 Å². The van der Waals surface area contributed by atoms with E-state index in [1.54, 1.807) is 37.3 Å². The van der Waals surface area contributed by atoms with Crippen LogP contribution in [-0.4, -0.2) is 28.1 Å². The van der Waals surface area contributed by atoms with E-state index in [1.165, 1.54) is 24.4 Å². The predicted molar refractivity (Wildman–Crippen MR) is 89.9 cm³/mol. The number of hydrogen-bond donors (Lipinski definition) is 1. The summed E-state index contributed by atoms with van der Waals surface area (Å²) in [5.74, 6) is -0.523. The van der Waals surface area contributed by atoms with Crippen LogP contribution in [0, 0.1) is 10.1 Å². The van der Waals surface area contributed by atoms with Gasteiger partial charge in [0, 0.05) is 17.7 Å². The van der Waals surface area contributed by atoms with Crippen molar-refractivity contribution in [1.82, 2.24) is 10.3 Å². The highest BCUT2D eigenvalue weighted by Crippen LogP contribution is 2.28. The zero-order chi connectivity index (χ0) is 18.0. The van der Waals surface area contributed by atoms with Gasteiger partial charge in [0.2, 0.25) is 0 Å². The van der Waals surface area contributed by atoms with Crippen molar-refractivity contribution in [3.8, 4) is 0 Å². The van der Waals surface area contributed by atoms with Crippen molar-refractivity contribution < 1.29 is 14.5 Å². The average Bonchev–Trinajstić information content (AvgIpc) is 2.84. The SMILES string of the molecule is C[C@]1(c2ccccc2)NC(=O)N(/N=C\c2cccc([N+](=O)[O-])c2)C1=O. The Hall–Kier alpha value is -3.55. The molecule has 8 heteroatoms. The third-order valence-electron chi connectivity index (χ3n) is 3.92. The molecule has 1 heterocycles. The number of urea groups is 1. The van der Waals surface area contributed by atoms with Crippen LogP contribution in [0.1, 0.15) is 18.1 Å². The molecule has 0 saturated carbocycles. The molecular formula is C17H14N4O4. The third kappa shape index (κ3) is 2.97. The molecule has 1 saturated heterocycles. The monoisotopic (exact) mass is 338 g/mol. The molecule has 0 aliphatic carbocycles. The molecule has 0 radical (unpaired) electrons. The molecule has 0 spiro atoms. The van der Waals surface area contributed by atoms with E-state index in [1.807, 2.05) is 6.07 Å². The molecule has 1 atom stereocenters. The van der Waals surface area contributed by atoms with E-state index in [9.17, 15) is 19.7 Å². The molecule has 2 aromatic rings. The molecular weight excluding hydrogens is 324 g/mol. The first kappa shape index (κ1) is 16.3. The molecule has 1 aliphatic heterocycles. The summed E-state index contributed by atoms with van der Waals surface area (Å²) in [5, 5.41) is 18.0. The minimum Gasteiger partial charge on any atom is -0.318 e. The first-order valence-corrected chi connectivity index (χ1v) is 7.42. The van der Waals surface area contributed by atoms with Crippen molar-refractivity contribution in [2.75, 3.05) is 0 Å². The number of rotatable bonds is 4. The topological polar surface area (TPSA) is 105 Å². The molecule has 126 valence electrons. The van der Waals surface area contributed by atoms with Crippen LogP contribution in [0.4, 0.5) is 10.5 Å². The maximum absolute atomic E-state index is 12.7. The van der Waals surface area contributed by atoms with Gasteiger partial charge in [-0.15, -0.1) is 5.01 Å². The van der Waals surface area contributed by atoms with Crippen LogP contribution in [-0.2, 0) is 10.3 Å². The Morgan fingerprint density at radius 2 is 1.88 bits per heavy atom. The van der Waals surface area contributed by atoms with Crippen molar-refractivity contribution in [3.63, 3.8) is 0 Å². The van der Waals surface area contributed by atoms with Crippen molar-refractivity contribution >= 4 is 23.8 Å². The Bertz CT molecular complexity index is 881. The highest BCUT2D eigenvalue weighted by atomic mass is 16.6. The predicted octanol–water partition coefficient (Wildman–Crippen LogP) is 2.40. The summed E-state index contributed by atoms with van der Waals surface area (Å²) >= 11 is 0. The van der Waals surface area contributed by atoms with Crippen LogP contribution in [0.5, 0.6) is 0 Å². The highest BCUT2D eigenvalue weighted by Gasteiger charge is 2.49. The number of non-ortho nitro benzene ring substituents is 1. The minimum atomic E-state index is -1.21. The van der Waals surface area contributed by atoms with Gasteiger partial charge in [-0.1, -0.05) is 42.5 Å². The fourth-order valence-corrected chi connectivity index (χ4v) is 2.54.